The van der Waals surface area contributed by atoms with E-state index in [4.69, 9.17) is 0 Å². The zero-order chi connectivity index (χ0) is 14.8. The highest BCUT2D eigenvalue weighted by molar-refractivity contribution is 7.15. The molecule has 1 N–H and O–H groups in total. The van der Waals surface area contributed by atoms with E-state index in [0.29, 0.717) is 5.56 Å². The maximum atomic E-state index is 12.1. The van der Waals surface area contributed by atoms with Crippen LogP contribution in [0.5, 0.6) is 0 Å². The lowest BCUT2D eigenvalue weighted by molar-refractivity contribution is 0.0488. The Morgan fingerprint density at radius 2 is 1.75 bits per heavy atom. The second-order valence-corrected chi connectivity index (χ2v) is 5.78. The molecule has 0 radical (unpaired) electrons. The second-order valence-electron chi connectivity index (χ2n) is 5.37. The topological polar surface area (TPSA) is 37.3 Å². The Morgan fingerprint density at radius 3 is 2.30 bits per heavy atom. The van der Waals surface area contributed by atoms with Crippen LogP contribution in [0.2, 0.25) is 0 Å². The van der Waals surface area contributed by atoms with E-state index in [0.717, 1.165) is 17.3 Å². The molecule has 0 aliphatic rings. The van der Waals surface area contributed by atoms with Crippen LogP contribution in [0.3, 0.4) is 0 Å². The molecule has 0 aromatic heterocycles. The minimum atomic E-state index is -1.35. The molecular formula is C17H19O2P. The summed E-state index contributed by atoms with van der Waals surface area (Å²) in [5.74, 6) is -0.263. The molecule has 0 spiro atoms. The van der Waals surface area contributed by atoms with Crippen LogP contribution in [-0.2, 0) is 6.16 Å². The van der Waals surface area contributed by atoms with Gasteiger partial charge in [0.1, 0.15) is 5.60 Å². The molecule has 0 heterocycles. The van der Waals surface area contributed by atoms with Crippen LogP contribution < -0.4 is 0 Å². The molecule has 2 aromatic rings. The lowest BCUT2D eigenvalue weighted by atomic mass is 9.94. The number of ketones is 1. The van der Waals surface area contributed by atoms with Crippen LogP contribution in [0.15, 0.2) is 48.5 Å². The Kier molecular flexibility index (Phi) is 4.37. The third kappa shape index (κ3) is 3.33. The molecule has 0 aliphatic carbocycles. The molecular weight excluding hydrogens is 267 g/mol. The average Bonchev–Trinajstić information content (AvgIpc) is 2.46. The largest absolute Gasteiger partial charge is 0.382 e. The summed E-state index contributed by atoms with van der Waals surface area (Å²) in [6.45, 7) is 3.02. The van der Waals surface area contributed by atoms with Gasteiger partial charge in [-0.05, 0) is 42.8 Å². The molecule has 0 saturated carbocycles. The van der Waals surface area contributed by atoms with Crippen LogP contribution in [0.4, 0.5) is 0 Å². The Bertz CT molecular complexity index is 610. The SMILES string of the molecule is CC(C)(O)C(=O)c1cccc(-c2ccc(CP)cc2)c1. The van der Waals surface area contributed by atoms with E-state index in [1.165, 1.54) is 19.4 Å². The number of carbonyl (C=O) groups is 1. The average molecular weight is 286 g/mol. The van der Waals surface area contributed by atoms with Gasteiger partial charge in [-0.1, -0.05) is 42.5 Å². The summed E-state index contributed by atoms with van der Waals surface area (Å²) in [6, 6.07) is 15.6. The molecule has 0 fully saturated rings. The molecule has 1 atom stereocenters. The van der Waals surface area contributed by atoms with Crippen LogP contribution in [0, 0.1) is 0 Å². The Morgan fingerprint density at radius 1 is 1.10 bits per heavy atom. The van der Waals surface area contributed by atoms with Crippen molar-refractivity contribution in [3.63, 3.8) is 0 Å². The van der Waals surface area contributed by atoms with Crippen molar-refractivity contribution >= 4 is 15.0 Å². The van der Waals surface area contributed by atoms with Crippen molar-refractivity contribution in [2.45, 2.75) is 25.6 Å². The Labute approximate surface area is 122 Å². The Hall–Kier alpha value is -1.50. The fraction of sp³-hybridized carbons (Fsp3) is 0.235. The number of aliphatic hydroxyl groups is 1. The summed E-state index contributed by atoms with van der Waals surface area (Å²) in [5.41, 5.74) is 2.49. The maximum absolute atomic E-state index is 12.1. The normalized spacial score (nSPS) is 11.4. The van der Waals surface area contributed by atoms with Crippen molar-refractivity contribution in [2.24, 2.45) is 0 Å². The van der Waals surface area contributed by atoms with E-state index >= 15 is 0 Å². The van der Waals surface area contributed by atoms with Crippen LogP contribution in [-0.4, -0.2) is 16.5 Å². The monoisotopic (exact) mass is 286 g/mol. The van der Waals surface area contributed by atoms with Gasteiger partial charge in [0.25, 0.3) is 0 Å². The van der Waals surface area contributed by atoms with Gasteiger partial charge in [-0.15, -0.1) is 9.24 Å². The van der Waals surface area contributed by atoms with Crippen LogP contribution >= 0.6 is 9.24 Å². The highest BCUT2D eigenvalue weighted by Crippen LogP contribution is 2.23. The molecule has 1 unspecified atom stereocenters. The van der Waals surface area contributed by atoms with E-state index in [9.17, 15) is 9.90 Å². The summed E-state index contributed by atoms with van der Waals surface area (Å²) in [7, 11) is 2.70. The molecule has 2 rings (SSSR count). The first-order chi connectivity index (χ1) is 9.41. The number of rotatable bonds is 4. The van der Waals surface area contributed by atoms with Gasteiger partial charge in [0, 0.05) is 5.56 Å². The highest BCUT2D eigenvalue weighted by atomic mass is 31.0. The summed E-state index contributed by atoms with van der Waals surface area (Å²) in [5, 5.41) is 9.82. The number of Topliss-reactive ketones (excluding diaryl/α,β-unsaturated/α-hetero) is 1. The smallest absolute Gasteiger partial charge is 0.193 e. The molecule has 0 bridgehead atoms. The lowest BCUT2D eigenvalue weighted by Gasteiger charge is -2.16. The van der Waals surface area contributed by atoms with Gasteiger partial charge in [0.2, 0.25) is 0 Å². The minimum Gasteiger partial charge on any atom is -0.382 e. The third-order valence-electron chi connectivity index (χ3n) is 3.20. The quantitative estimate of drug-likeness (QED) is 0.687. The van der Waals surface area contributed by atoms with E-state index in [-0.39, 0.29) is 5.78 Å². The molecule has 2 nitrogen and oxygen atoms in total. The van der Waals surface area contributed by atoms with Gasteiger partial charge < -0.3 is 5.11 Å². The van der Waals surface area contributed by atoms with Gasteiger partial charge >= 0.3 is 0 Å². The molecule has 20 heavy (non-hydrogen) atoms. The molecule has 0 aliphatic heterocycles. The van der Waals surface area contributed by atoms with E-state index in [1.807, 2.05) is 30.3 Å². The summed E-state index contributed by atoms with van der Waals surface area (Å²) in [6.07, 6.45) is 0.928. The zero-order valence-corrected chi connectivity index (χ0v) is 12.9. The van der Waals surface area contributed by atoms with E-state index in [1.54, 1.807) is 6.07 Å². The predicted molar refractivity (Wildman–Crippen MR) is 85.9 cm³/mol. The molecule has 2 aromatic carbocycles. The molecule has 0 amide bonds. The van der Waals surface area contributed by atoms with Crippen molar-refractivity contribution in [3.05, 3.63) is 59.7 Å². The highest BCUT2D eigenvalue weighted by Gasteiger charge is 2.25. The molecule has 104 valence electrons. The van der Waals surface area contributed by atoms with Crippen molar-refractivity contribution in [3.8, 4) is 11.1 Å². The van der Waals surface area contributed by atoms with Gasteiger partial charge in [0.05, 0.1) is 0 Å². The summed E-state index contributed by atoms with van der Waals surface area (Å²) in [4.78, 5) is 12.1. The van der Waals surface area contributed by atoms with Crippen molar-refractivity contribution < 1.29 is 9.90 Å². The van der Waals surface area contributed by atoms with Gasteiger partial charge in [-0.2, -0.15) is 0 Å². The number of carbonyl (C=O) groups excluding carboxylic acids is 1. The standard InChI is InChI=1S/C17H19O2P/c1-17(2,19)16(18)15-5-3-4-14(10-15)13-8-6-12(11-20)7-9-13/h3-10,19H,11,20H2,1-2H3. The van der Waals surface area contributed by atoms with Crippen molar-refractivity contribution in [1.82, 2.24) is 0 Å². The van der Waals surface area contributed by atoms with Crippen molar-refractivity contribution in [2.75, 3.05) is 0 Å². The lowest BCUT2D eigenvalue weighted by Crippen LogP contribution is -2.31. The van der Waals surface area contributed by atoms with Crippen molar-refractivity contribution in [1.29, 1.82) is 0 Å². The Balaban J connectivity index is 2.36. The predicted octanol–water partition coefficient (Wildman–Crippen LogP) is 3.68. The zero-order valence-electron chi connectivity index (χ0n) is 11.8. The van der Waals surface area contributed by atoms with Crippen LogP contribution in [0.1, 0.15) is 29.8 Å². The first-order valence-corrected chi connectivity index (χ1v) is 7.40. The van der Waals surface area contributed by atoms with E-state index < -0.39 is 5.60 Å². The minimum absolute atomic E-state index is 0.263. The van der Waals surface area contributed by atoms with Gasteiger partial charge in [-0.25, -0.2) is 0 Å². The first kappa shape index (κ1) is 14.9. The number of benzene rings is 2. The fourth-order valence-electron chi connectivity index (χ4n) is 2.03. The van der Waals surface area contributed by atoms with Gasteiger partial charge in [0.15, 0.2) is 5.78 Å². The summed E-state index contributed by atoms with van der Waals surface area (Å²) < 4.78 is 0. The van der Waals surface area contributed by atoms with E-state index in [2.05, 4.69) is 21.4 Å². The molecule has 0 saturated heterocycles. The van der Waals surface area contributed by atoms with Crippen LogP contribution in [0.25, 0.3) is 11.1 Å². The van der Waals surface area contributed by atoms with Gasteiger partial charge in [-0.3, -0.25) is 4.79 Å². The fourth-order valence-corrected chi connectivity index (χ4v) is 2.30. The molecule has 3 heteroatoms. The second kappa shape index (κ2) is 5.87. The summed E-state index contributed by atoms with van der Waals surface area (Å²) >= 11 is 0. The third-order valence-corrected chi connectivity index (χ3v) is 3.67. The number of hydrogen-bond donors (Lipinski definition) is 1. The number of hydrogen-bond acceptors (Lipinski definition) is 2. The maximum Gasteiger partial charge on any atom is 0.193 e. The first-order valence-electron chi connectivity index (χ1n) is 6.58.